The molecule has 0 amide bonds. The van der Waals surface area contributed by atoms with Crippen LogP contribution in [0.25, 0.3) is 4.96 Å². The minimum atomic E-state index is -0.215. The molecule has 0 fully saturated rings. The van der Waals surface area contributed by atoms with E-state index in [1.54, 1.807) is 6.92 Å². The van der Waals surface area contributed by atoms with Crippen molar-refractivity contribution < 1.29 is 10.2 Å². The number of rotatable bonds is 5. The van der Waals surface area contributed by atoms with Crippen molar-refractivity contribution in [3.8, 4) is 5.88 Å². The predicted molar refractivity (Wildman–Crippen MR) is 90.3 cm³/mol. The number of aromatic nitrogens is 3. The van der Waals surface area contributed by atoms with Crippen LogP contribution in [0.1, 0.15) is 22.3 Å². The zero-order valence-corrected chi connectivity index (χ0v) is 14.3. The average molecular weight is 353 g/mol. The largest absolute Gasteiger partial charge is 0.492 e. The van der Waals surface area contributed by atoms with Gasteiger partial charge in [0.1, 0.15) is 5.82 Å². The van der Waals surface area contributed by atoms with E-state index in [1.807, 2.05) is 36.2 Å². The number of aryl methyl sites for hydroxylation is 1. The molecule has 0 saturated heterocycles. The highest BCUT2D eigenvalue weighted by Crippen LogP contribution is 2.39. The molecule has 0 bridgehead atoms. The van der Waals surface area contributed by atoms with E-state index in [0.717, 1.165) is 10.4 Å². The Hall–Kier alpha value is -1.67. The summed E-state index contributed by atoms with van der Waals surface area (Å²) in [5.74, 6) is 0.695. The van der Waals surface area contributed by atoms with Gasteiger partial charge in [0.05, 0.1) is 17.5 Å². The van der Waals surface area contributed by atoms with Gasteiger partial charge in [-0.05, 0) is 31.7 Å². The van der Waals surface area contributed by atoms with Crippen LogP contribution in [0, 0.1) is 6.92 Å². The molecule has 1 aromatic carbocycles. The molecule has 1 atom stereocenters. The Balaban J connectivity index is 2.10. The topological polar surface area (TPSA) is 73.9 Å². The van der Waals surface area contributed by atoms with Gasteiger partial charge in [0, 0.05) is 11.6 Å². The van der Waals surface area contributed by atoms with Crippen molar-refractivity contribution in [2.24, 2.45) is 0 Å². The molecule has 2 N–H and O–H groups in total. The third kappa shape index (κ3) is 3.05. The molecule has 3 aromatic rings. The first-order valence-corrected chi connectivity index (χ1v) is 8.32. The van der Waals surface area contributed by atoms with Crippen molar-refractivity contribution in [2.45, 2.75) is 13.0 Å². The summed E-state index contributed by atoms with van der Waals surface area (Å²) in [4.78, 5) is 7.66. The van der Waals surface area contributed by atoms with Crippen LogP contribution < -0.4 is 0 Å². The Morgan fingerprint density at radius 3 is 2.65 bits per heavy atom. The average Bonchev–Trinajstić information content (AvgIpc) is 3.01. The lowest BCUT2D eigenvalue weighted by atomic mass is 10.0. The maximum atomic E-state index is 10.6. The van der Waals surface area contributed by atoms with E-state index in [-0.39, 0.29) is 18.5 Å². The van der Waals surface area contributed by atoms with Crippen LogP contribution >= 0.6 is 22.9 Å². The summed E-state index contributed by atoms with van der Waals surface area (Å²) in [6, 6.07) is 7.25. The van der Waals surface area contributed by atoms with Crippen molar-refractivity contribution in [1.82, 2.24) is 19.5 Å². The zero-order chi connectivity index (χ0) is 16.6. The number of thiazole rings is 1. The summed E-state index contributed by atoms with van der Waals surface area (Å²) in [7, 11) is 1.90. The highest BCUT2D eigenvalue weighted by Gasteiger charge is 2.27. The number of fused-ring (bicyclic) bond motifs is 1. The quantitative estimate of drug-likeness (QED) is 0.738. The SMILES string of the molecule is Cc1nc2sc(C(c3ccc(Cl)cc3)N(C)CCO)c(O)n2n1. The molecule has 1 unspecified atom stereocenters. The highest BCUT2D eigenvalue weighted by atomic mass is 35.5. The Morgan fingerprint density at radius 1 is 1.35 bits per heavy atom. The second-order valence-electron chi connectivity index (χ2n) is 5.30. The molecule has 8 heteroatoms. The molecule has 3 rings (SSSR count). The lowest BCUT2D eigenvalue weighted by molar-refractivity contribution is 0.196. The number of aromatic hydroxyl groups is 1. The fourth-order valence-electron chi connectivity index (χ4n) is 2.56. The van der Waals surface area contributed by atoms with E-state index in [4.69, 9.17) is 11.6 Å². The number of hydrogen-bond acceptors (Lipinski definition) is 6. The number of benzene rings is 1. The van der Waals surface area contributed by atoms with Gasteiger partial charge in [-0.1, -0.05) is 35.1 Å². The maximum Gasteiger partial charge on any atom is 0.230 e. The summed E-state index contributed by atoms with van der Waals surface area (Å²) < 4.78 is 1.45. The summed E-state index contributed by atoms with van der Waals surface area (Å²) in [6.45, 7) is 2.29. The van der Waals surface area contributed by atoms with Crippen molar-refractivity contribution >= 4 is 27.9 Å². The number of hydrogen-bond donors (Lipinski definition) is 2. The first-order chi connectivity index (χ1) is 11.0. The van der Waals surface area contributed by atoms with Crippen LogP contribution in [0.3, 0.4) is 0 Å². The zero-order valence-electron chi connectivity index (χ0n) is 12.8. The van der Waals surface area contributed by atoms with Gasteiger partial charge in [-0.3, -0.25) is 4.90 Å². The second-order valence-corrected chi connectivity index (χ2v) is 6.75. The molecule has 122 valence electrons. The number of likely N-dealkylation sites (N-methyl/N-ethyl adjacent to an activating group) is 1. The Morgan fingerprint density at radius 2 is 2.04 bits per heavy atom. The van der Waals surface area contributed by atoms with Gasteiger partial charge < -0.3 is 10.2 Å². The highest BCUT2D eigenvalue weighted by molar-refractivity contribution is 7.17. The second kappa shape index (κ2) is 6.45. The third-order valence-corrected chi connectivity index (χ3v) is 4.96. The van der Waals surface area contributed by atoms with E-state index in [0.29, 0.717) is 22.4 Å². The van der Waals surface area contributed by atoms with Crippen molar-refractivity contribution in [3.63, 3.8) is 0 Å². The molecule has 0 saturated carbocycles. The lowest BCUT2D eigenvalue weighted by Gasteiger charge is -2.27. The molecule has 2 aromatic heterocycles. The van der Waals surface area contributed by atoms with E-state index >= 15 is 0 Å². The Labute approximate surface area is 142 Å². The predicted octanol–water partition coefficient (Wildman–Crippen LogP) is 2.47. The number of aliphatic hydroxyl groups is 1. The molecule has 2 heterocycles. The summed E-state index contributed by atoms with van der Waals surface area (Å²) >= 11 is 7.36. The third-order valence-electron chi connectivity index (χ3n) is 3.63. The molecule has 0 aliphatic rings. The first kappa shape index (κ1) is 16.2. The van der Waals surface area contributed by atoms with E-state index in [2.05, 4.69) is 10.1 Å². The Kier molecular flexibility index (Phi) is 4.54. The summed E-state index contributed by atoms with van der Waals surface area (Å²) in [5, 5.41) is 24.7. The molecular weight excluding hydrogens is 336 g/mol. The van der Waals surface area contributed by atoms with Crippen LogP contribution in [-0.2, 0) is 0 Å². The van der Waals surface area contributed by atoms with Crippen LogP contribution in [0.5, 0.6) is 5.88 Å². The van der Waals surface area contributed by atoms with Crippen LogP contribution in [-0.4, -0.2) is 49.9 Å². The van der Waals surface area contributed by atoms with Crippen molar-refractivity contribution in [3.05, 3.63) is 45.6 Å². The minimum Gasteiger partial charge on any atom is -0.492 e. The van der Waals surface area contributed by atoms with E-state index in [9.17, 15) is 10.2 Å². The van der Waals surface area contributed by atoms with Gasteiger partial charge in [-0.25, -0.2) is 4.98 Å². The van der Waals surface area contributed by atoms with Gasteiger partial charge in [0.15, 0.2) is 0 Å². The molecule has 0 aliphatic carbocycles. The monoisotopic (exact) mass is 352 g/mol. The van der Waals surface area contributed by atoms with E-state index < -0.39 is 0 Å². The molecule has 6 nitrogen and oxygen atoms in total. The normalized spacial score (nSPS) is 13.1. The lowest BCUT2D eigenvalue weighted by Crippen LogP contribution is -2.28. The fraction of sp³-hybridized carbons (Fsp3) is 0.333. The van der Waals surface area contributed by atoms with Gasteiger partial charge >= 0.3 is 0 Å². The van der Waals surface area contributed by atoms with Crippen molar-refractivity contribution in [2.75, 3.05) is 20.2 Å². The molecule has 0 spiro atoms. The van der Waals surface area contributed by atoms with E-state index in [1.165, 1.54) is 15.9 Å². The van der Waals surface area contributed by atoms with Gasteiger partial charge in [0.25, 0.3) is 0 Å². The van der Waals surface area contributed by atoms with Gasteiger partial charge in [0.2, 0.25) is 10.8 Å². The van der Waals surface area contributed by atoms with Crippen LogP contribution in [0.2, 0.25) is 5.02 Å². The van der Waals surface area contributed by atoms with Crippen molar-refractivity contribution in [1.29, 1.82) is 0 Å². The van der Waals surface area contributed by atoms with Gasteiger partial charge in [-0.2, -0.15) is 4.52 Å². The first-order valence-electron chi connectivity index (χ1n) is 7.13. The number of aliphatic hydroxyl groups excluding tert-OH is 1. The Bertz CT molecular complexity index is 815. The standard InChI is InChI=1S/C15H17ClN4O2S/c1-9-17-15-20(18-9)14(22)13(23-15)12(19(2)7-8-21)10-3-5-11(16)6-4-10/h3-6,12,21-22H,7-8H2,1-2H3. The molecule has 23 heavy (non-hydrogen) atoms. The minimum absolute atomic E-state index is 0.0290. The van der Waals surface area contributed by atoms with Gasteiger partial charge in [-0.15, -0.1) is 5.10 Å². The molecule has 0 radical (unpaired) electrons. The summed E-state index contributed by atoms with van der Waals surface area (Å²) in [6.07, 6.45) is 0. The molecule has 0 aliphatic heterocycles. The fourth-order valence-corrected chi connectivity index (χ4v) is 3.88. The maximum absolute atomic E-state index is 10.6. The number of nitrogens with zero attached hydrogens (tertiary/aromatic N) is 4. The summed E-state index contributed by atoms with van der Waals surface area (Å²) in [5.41, 5.74) is 0.974. The molecular formula is C15H17ClN4O2S. The van der Waals surface area contributed by atoms with Crippen LogP contribution in [0.15, 0.2) is 24.3 Å². The smallest absolute Gasteiger partial charge is 0.230 e. The van der Waals surface area contributed by atoms with Crippen LogP contribution in [0.4, 0.5) is 0 Å². The number of halogens is 1.